The molecule has 1 aliphatic rings. The number of alkyl halides is 3. The van der Waals surface area contributed by atoms with Gasteiger partial charge in [-0.15, -0.1) is 0 Å². The van der Waals surface area contributed by atoms with Gasteiger partial charge in [0.15, 0.2) is 6.61 Å². The number of ether oxygens (including phenoxy) is 1. The summed E-state index contributed by atoms with van der Waals surface area (Å²) in [7, 11) is 0. The Morgan fingerprint density at radius 3 is 2.43 bits per heavy atom. The monoisotopic (exact) mass is 295 g/mol. The van der Waals surface area contributed by atoms with E-state index in [1.54, 1.807) is 12.1 Å². The highest BCUT2D eigenvalue weighted by atomic mass is 19.4. The van der Waals surface area contributed by atoms with Crippen LogP contribution < -0.4 is 4.74 Å². The van der Waals surface area contributed by atoms with Gasteiger partial charge in [0, 0.05) is 17.9 Å². The molecule has 0 amide bonds. The average molecular weight is 295 g/mol. The minimum absolute atomic E-state index is 0.199. The Hall–Kier alpha value is -2.17. The first kappa shape index (κ1) is 15.2. The van der Waals surface area contributed by atoms with Crippen molar-refractivity contribution in [3.8, 4) is 5.75 Å². The molecule has 0 atom stereocenters. The van der Waals surface area contributed by atoms with Crippen molar-refractivity contribution < 1.29 is 17.9 Å². The van der Waals surface area contributed by atoms with Crippen LogP contribution in [0, 0.1) is 0 Å². The second kappa shape index (κ2) is 6.08. The van der Waals surface area contributed by atoms with Crippen molar-refractivity contribution in [2.24, 2.45) is 0 Å². The van der Waals surface area contributed by atoms with Crippen LogP contribution in [0.4, 0.5) is 13.2 Å². The minimum Gasteiger partial charge on any atom is -0.484 e. The molecular weight excluding hydrogens is 279 g/mol. The largest absolute Gasteiger partial charge is 0.484 e. The molecule has 1 aromatic carbocycles. The van der Waals surface area contributed by atoms with E-state index < -0.39 is 12.8 Å². The molecule has 2 rings (SSSR count). The van der Waals surface area contributed by atoms with Crippen molar-refractivity contribution in [2.75, 3.05) is 13.2 Å². The van der Waals surface area contributed by atoms with Gasteiger partial charge >= 0.3 is 6.18 Å². The van der Waals surface area contributed by atoms with Crippen molar-refractivity contribution in [1.29, 1.82) is 0 Å². The third-order valence-corrected chi connectivity index (χ3v) is 3.05. The minimum atomic E-state index is -4.33. The van der Waals surface area contributed by atoms with Crippen LogP contribution in [-0.4, -0.2) is 24.2 Å². The summed E-state index contributed by atoms with van der Waals surface area (Å²) in [6, 6.07) is 6.56. The van der Waals surface area contributed by atoms with Crippen LogP contribution in [0.15, 0.2) is 54.8 Å². The highest BCUT2D eigenvalue weighted by Gasteiger charge is 2.28. The predicted octanol–water partition coefficient (Wildman–Crippen LogP) is 4.37. The summed E-state index contributed by atoms with van der Waals surface area (Å²) >= 11 is 0. The van der Waals surface area contributed by atoms with E-state index in [0.29, 0.717) is 0 Å². The Morgan fingerprint density at radius 2 is 1.86 bits per heavy atom. The number of allylic oxidation sites excluding steroid dienone is 3. The van der Waals surface area contributed by atoms with Crippen LogP contribution in [0.2, 0.25) is 0 Å². The van der Waals surface area contributed by atoms with E-state index in [-0.39, 0.29) is 5.75 Å². The predicted molar refractivity (Wildman–Crippen MR) is 76.6 cm³/mol. The second-order valence-electron chi connectivity index (χ2n) is 4.57. The first-order chi connectivity index (χ1) is 9.90. The molecule has 0 saturated carbocycles. The van der Waals surface area contributed by atoms with Gasteiger partial charge in [0.05, 0.1) is 0 Å². The Kier molecular flexibility index (Phi) is 4.40. The zero-order valence-electron chi connectivity index (χ0n) is 11.7. The van der Waals surface area contributed by atoms with Crippen molar-refractivity contribution in [3.63, 3.8) is 0 Å². The molecule has 0 aliphatic carbocycles. The molecule has 2 nitrogen and oxygen atoms in total. The van der Waals surface area contributed by atoms with Crippen molar-refractivity contribution in [2.45, 2.75) is 13.1 Å². The Morgan fingerprint density at radius 1 is 1.19 bits per heavy atom. The number of rotatable bonds is 4. The van der Waals surface area contributed by atoms with Crippen LogP contribution >= 0.6 is 0 Å². The first-order valence-corrected chi connectivity index (χ1v) is 6.55. The lowest BCUT2D eigenvalue weighted by Crippen LogP contribution is -2.21. The molecule has 0 aromatic heterocycles. The van der Waals surface area contributed by atoms with E-state index in [2.05, 4.69) is 6.58 Å². The number of nitrogens with zero attached hydrogens (tertiary/aromatic N) is 1. The number of hydrogen-bond acceptors (Lipinski definition) is 2. The third-order valence-electron chi connectivity index (χ3n) is 3.05. The summed E-state index contributed by atoms with van der Waals surface area (Å²) in [4.78, 5) is 2.03. The van der Waals surface area contributed by atoms with Gasteiger partial charge in [0.1, 0.15) is 5.75 Å². The Labute approximate surface area is 121 Å². The van der Waals surface area contributed by atoms with Gasteiger partial charge in [0.2, 0.25) is 0 Å². The van der Waals surface area contributed by atoms with Gasteiger partial charge in [-0.05, 0) is 48.9 Å². The van der Waals surface area contributed by atoms with Gasteiger partial charge in [-0.25, -0.2) is 0 Å². The molecule has 0 bridgehead atoms. The molecule has 0 saturated heterocycles. The molecule has 0 unspecified atom stereocenters. The molecular formula is C16H16F3NO. The lowest BCUT2D eigenvalue weighted by atomic mass is 10.1. The lowest BCUT2D eigenvalue weighted by Gasteiger charge is -2.29. The van der Waals surface area contributed by atoms with Crippen molar-refractivity contribution in [3.05, 3.63) is 60.3 Å². The summed E-state index contributed by atoms with van der Waals surface area (Å²) in [5, 5.41) is 0. The molecule has 21 heavy (non-hydrogen) atoms. The SMILES string of the molecule is C=C1C=CC=C(c2ccc(OCC(F)(F)F)cc2)N1CC. The van der Waals surface area contributed by atoms with E-state index in [1.807, 2.05) is 30.1 Å². The maximum Gasteiger partial charge on any atom is 0.422 e. The molecule has 0 fully saturated rings. The van der Waals surface area contributed by atoms with E-state index in [4.69, 9.17) is 4.74 Å². The topological polar surface area (TPSA) is 12.5 Å². The molecule has 5 heteroatoms. The second-order valence-corrected chi connectivity index (χ2v) is 4.57. The van der Waals surface area contributed by atoms with E-state index in [0.717, 1.165) is 23.5 Å². The van der Waals surface area contributed by atoms with E-state index in [1.165, 1.54) is 12.1 Å². The fourth-order valence-corrected chi connectivity index (χ4v) is 2.10. The van der Waals surface area contributed by atoms with Gasteiger partial charge < -0.3 is 9.64 Å². The third kappa shape index (κ3) is 3.90. The fourth-order valence-electron chi connectivity index (χ4n) is 2.10. The van der Waals surface area contributed by atoms with Crippen molar-refractivity contribution in [1.82, 2.24) is 4.90 Å². The molecule has 0 spiro atoms. The zero-order valence-corrected chi connectivity index (χ0v) is 11.7. The standard InChI is InChI=1S/C16H16F3NO/c1-3-20-12(2)5-4-6-15(20)13-7-9-14(10-8-13)21-11-16(17,18)19/h4-10H,2-3,11H2,1H3. The molecule has 0 N–H and O–H groups in total. The van der Waals surface area contributed by atoms with Crippen LogP contribution in [0.1, 0.15) is 12.5 Å². The van der Waals surface area contributed by atoms with Gasteiger partial charge in [-0.3, -0.25) is 0 Å². The maximum atomic E-state index is 12.1. The normalized spacial score (nSPS) is 15.1. The number of hydrogen-bond donors (Lipinski definition) is 0. The molecule has 0 radical (unpaired) electrons. The van der Waals surface area contributed by atoms with Gasteiger partial charge in [-0.1, -0.05) is 12.7 Å². The molecule has 1 heterocycles. The first-order valence-electron chi connectivity index (χ1n) is 6.55. The quantitative estimate of drug-likeness (QED) is 0.817. The number of benzene rings is 1. The summed E-state index contributed by atoms with van der Waals surface area (Å²) in [5.41, 5.74) is 2.75. The zero-order chi connectivity index (χ0) is 15.5. The van der Waals surface area contributed by atoms with Crippen LogP contribution in [0.3, 0.4) is 0 Å². The average Bonchev–Trinajstić information content (AvgIpc) is 2.44. The fraction of sp³-hybridized carbons (Fsp3) is 0.250. The highest BCUT2D eigenvalue weighted by Crippen LogP contribution is 2.28. The number of halogens is 3. The van der Waals surface area contributed by atoms with Crippen LogP contribution in [-0.2, 0) is 0 Å². The number of likely N-dealkylation sites (N-methyl/N-ethyl adjacent to an activating group) is 1. The van der Waals surface area contributed by atoms with Crippen LogP contribution in [0.5, 0.6) is 5.75 Å². The summed E-state index contributed by atoms with van der Waals surface area (Å²) in [5.74, 6) is 0.199. The van der Waals surface area contributed by atoms with E-state index >= 15 is 0 Å². The maximum absolute atomic E-state index is 12.1. The molecule has 112 valence electrons. The van der Waals surface area contributed by atoms with Crippen LogP contribution in [0.25, 0.3) is 5.70 Å². The summed E-state index contributed by atoms with van der Waals surface area (Å²) in [6.07, 6.45) is 1.43. The molecule has 1 aromatic rings. The summed E-state index contributed by atoms with van der Waals surface area (Å²) < 4.78 is 41.0. The van der Waals surface area contributed by atoms with E-state index in [9.17, 15) is 13.2 Å². The smallest absolute Gasteiger partial charge is 0.422 e. The van der Waals surface area contributed by atoms with Gasteiger partial charge in [0.25, 0.3) is 0 Å². The Bertz CT molecular complexity index is 570. The van der Waals surface area contributed by atoms with Gasteiger partial charge in [-0.2, -0.15) is 13.2 Å². The van der Waals surface area contributed by atoms with Crippen molar-refractivity contribution >= 4 is 5.70 Å². The summed E-state index contributed by atoms with van der Waals surface area (Å²) in [6.45, 7) is 5.46. The molecule has 1 aliphatic heterocycles. The lowest BCUT2D eigenvalue weighted by molar-refractivity contribution is -0.153. The highest BCUT2D eigenvalue weighted by molar-refractivity contribution is 5.69. The Balaban J connectivity index is 2.13.